The molecule has 2 amide bonds. The van der Waals surface area contributed by atoms with E-state index in [0.29, 0.717) is 9.78 Å². The van der Waals surface area contributed by atoms with E-state index in [0.717, 1.165) is 49.0 Å². The summed E-state index contributed by atoms with van der Waals surface area (Å²) in [5.74, 6) is -2.64. The number of halogens is 3. The molecule has 4 nitrogen and oxygen atoms in total. The van der Waals surface area contributed by atoms with Crippen LogP contribution in [0.15, 0.2) is 41.8 Å². The fourth-order valence-corrected chi connectivity index (χ4v) is 4.39. The predicted octanol–water partition coefficient (Wildman–Crippen LogP) is 5.14. The Kier molecular flexibility index (Phi) is 6.62. The van der Waals surface area contributed by atoms with Gasteiger partial charge >= 0.3 is 12.1 Å². The summed E-state index contributed by atoms with van der Waals surface area (Å²) < 4.78 is 40.4. The topological polar surface area (TPSA) is 49.4 Å². The van der Waals surface area contributed by atoms with Crippen molar-refractivity contribution in [2.24, 2.45) is 0 Å². The monoisotopic (exact) mass is 424 g/mol. The van der Waals surface area contributed by atoms with E-state index in [1.807, 2.05) is 0 Å². The van der Waals surface area contributed by atoms with Gasteiger partial charge in [-0.15, -0.1) is 11.3 Å². The Morgan fingerprint density at radius 1 is 1.10 bits per heavy atom. The summed E-state index contributed by atoms with van der Waals surface area (Å²) >= 11 is 1.15. The van der Waals surface area contributed by atoms with Gasteiger partial charge in [0.1, 0.15) is 0 Å². The van der Waals surface area contributed by atoms with Crippen LogP contribution in [0, 0.1) is 6.92 Å². The highest BCUT2D eigenvalue weighted by Crippen LogP contribution is 2.35. The number of amides is 2. The van der Waals surface area contributed by atoms with Gasteiger partial charge < -0.3 is 5.32 Å². The fraction of sp³-hybridized carbons (Fsp3) is 0.429. The number of carbonyl (C=O) groups is 2. The van der Waals surface area contributed by atoms with Gasteiger partial charge in [0, 0.05) is 16.6 Å². The standard InChI is InChI=1S/C21H23F3N2O2S/c1-14-9-11-16(12-10-14)26(20(28)21(22,23)24)18(17-8-5-13-29-17)19(27)25-15-6-3-2-4-7-15/h5,8-13,15,18H,2-4,6-7H2,1H3,(H,25,27)/t18-/m1/s1. The first-order valence-electron chi connectivity index (χ1n) is 9.58. The van der Waals surface area contributed by atoms with Gasteiger partial charge in [-0.3, -0.25) is 14.5 Å². The number of aryl methyl sites for hydroxylation is 1. The van der Waals surface area contributed by atoms with Crippen LogP contribution in [-0.4, -0.2) is 24.0 Å². The van der Waals surface area contributed by atoms with E-state index in [9.17, 15) is 22.8 Å². The molecule has 1 aromatic heterocycles. The van der Waals surface area contributed by atoms with Gasteiger partial charge in [-0.2, -0.15) is 13.2 Å². The zero-order valence-electron chi connectivity index (χ0n) is 16.0. The summed E-state index contributed by atoms with van der Waals surface area (Å²) in [5.41, 5.74) is 0.877. The van der Waals surface area contributed by atoms with Crippen molar-refractivity contribution >= 4 is 28.8 Å². The van der Waals surface area contributed by atoms with Crippen LogP contribution in [0.1, 0.15) is 48.6 Å². The first-order chi connectivity index (χ1) is 13.8. The lowest BCUT2D eigenvalue weighted by atomic mass is 9.95. The molecule has 1 aromatic carbocycles. The molecule has 0 saturated heterocycles. The molecular weight excluding hydrogens is 401 g/mol. The Hall–Kier alpha value is -2.35. The molecule has 0 radical (unpaired) electrons. The van der Waals surface area contributed by atoms with E-state index in [1.54, 1.807) is 36.6 Å². The third-order valence-corrected chi connectivity index (χ3v) is 5.97. The summed E-state index contributed by atoms with van der Waals surface area (Å²) in [4.78, 5) is 26.5. The molecule has 1 atom stereocenters. The number of hydrogen-bond donors (Lipinski definition) is 1. The number of hydrogen-bond acceptors (Lipinski definition) is 3. The number of rotatable bonds is 5. The third kappa shape index (κ3) is 5.18. The molecule has 3 rings (SSSR count). The van der Waals surface area contributed by atoms with Gasteiger partial charge in [0.2, 0.25) is 5.91 Å². The van der Waals surface area contributed by atoms with Gasteiger partial charge in [-0.1, -0.05) is 43.0 Å². The van der Waals surface area contributed by atoms with Crippen LogP contribution < -0.4 is 10.2 Å². The normalized spacial score (nSPS) is 16.3. The Morgan fingerprint density at radius 2 is 1.76 bits per heavy atom. The lowest BCUT2D eigenvalue weighted by molar-refractivity contribution is -0.171. The van der Waals surface area contributed by atoms with Crippen LogP contribution in [0.25, 0.3) is 0 Å². The highest BCUT2D eigenvalue weighted by molar-refractivity contribution is 7.10. The van der Waals surface area contributed by atoms with E-state index in [1.165, 1.54) is 12.1 Å². The van der Waals surface area contributed by atoms with Gasteiger partial charge in [0.05, 0.1) is 0 Å². The smallest absolute Gasteiger partial charge is 0.351 e. The number of nitrogens with zero attached hydrogens (tertiary/aromatic N) is 1. The number of carbonyl (C=O) groups excluding carboxylic acids is 2. The summed E-state index contributed by atoms with van der Waals surface area (Å²) in [7, 11) is 0. The summed E-state index contributed by atoms with van der Waals surface area (Å²) in [6.07, 6.45) is -0.495. The van der Waals surface area contributed by atoms with Crippen LogP contribution >= 0.6 is 11.3 Å². The average molecular weight is 424 g/mol. The van der Waals surface area contributed by atoms with E-state index in [4.69, 9.17) is 0 Å². The largest absolute Gasteiger partial charge is 0.471 e. The molecule has 0 spiro atoms. The lowest BCUT2D eigenvalue weighted by Crippen LogP contribution is -2.50. The van der Waals surface area contributed by atoms with Crippen molar-refractivity contribution in [3.63, 3.8) is 0 Å². The van der Waals surface area contributed by atoms with Crippen molar-refractivity contribution in [2.75, 3.05) is 4.90 Å². The molecule has 1 aliphatic rings. The summed E-state index contributed by atoms with van der Waals surface area (Å²) in [5, 5.41) is 4.56. The summed E-state index contributed by atoms with van der Waals surface area (Å²) in [6, 6.07) is 7.90. The van der Waals surface area contributed by atoms with Gasteiger partial charge in [-0.25, -0.2) is 0 Å². The number of benzene rings is 1. The van der Waals surface area contributed by atoms with Crippen molar-refractivity contribution in [3.05, 3.63) is 52.2 Å². The summed E-state index contributed by atoms with van der Waals surface area (Å²) in [6.45, 7) is 1.80. The maximum absolute atomic E-state index is 13.5. The molecule has 1 aliphatic carbocycles. The molecule has 0 aliphatic heterocycles. The van der Waals surface area contributed by atoms with Crippen LogP contribution in [0.5, 0.6) is 0 Å². The van der Waals surface area contributed by atoms with Crippen molar-refractivity contribution in [1.82, 2.24) is 5.32 Å². The Bertz CT molecular complexity index is 829. The molecule has 2 aromatic rings. The predicted molar refractivity (Wildman–Crippen MR) is 107 cm³/mol. The van der Waals surface area contributed by atoms with Crippen LogP contribution in [0.2, 0.25) is 0 Å². The zero-order valence-corrected chi connectivity index (χ0v) is 16.9. The third-order valence-electron chi connectivity index (χ3n) is 5.04. The van der Waals surface area contributed by atoms with E-state index in [-0.39, 0.29) is 11.7 Å². The molecule has 1 heterocycles. The first kappa shape index (κ1) is 21.4. The molecule has 29 heavy (non-hydrogen) atoms. The maximum Gasteiger partial charge on any atom is 0.471 e. The molecular formula is C21H23F3N2O2S. The second kappa shape index (κ2) is 8.98. The molecule has 0 bridgehead atoms. The maximum atomic E-state index is 13.5. The van der Waals surface area contributed by atoms with Crippen molar-refractivity contribution in [3.8, 4) is 0 Å². The Labute approximate surface area is 171 Å². The SMILES string of the molecule is Cc1ccc(N(C(=O)C(F)(F)F)[C@@H](C(=O)NC2CCCCC2)c2cccs2)cc1. The Morgan fingerprint density at radius 3 is 2.31 bits per heavy atom. The molecule has 1 N–H and O–H groups in total. The minimum Gasteiger partial charge on any atom is -0.351 e. The highest BCUT2D eigenvalue weighted by atomic mass is 32.1. The minimum atomic E-state index is -5.11. The highest BCUT2D eigenvalue weighted by Gasteiger charge is 2.47. The molecule has 1 saturated carbocycles. The Balaban J connectivity index is 2.01. The average Bonchev–Trinajstić information content (AvgIpc) is 3.20. The van der Waals surface area contributed by atoms with Crippen LogP contribution in [0.4, 0.5) is 18.9 Å². The fourth-order valence-electron chi connectivity index (χ4n) is 3.57. The number of nitrogens with one attached hydrogen (secondary N) is 1. The lowest BCUT2D eigenvalue weighted by Gasteiger charge is -2.33. The zero-order chi connectivity index (χ0) is 21.0. The van der Waals surface area contributed by atoms with Gasteiger partial charge in [0.15, 0.2) is 6.04 Å². The number of alkyl halides is 3. The van der Waals surface area contributed by atoms with Crippen molar-refractivity contribution in [2.45, 2.75) is 57.3 Å². The van der Waals surface area contributed by atoms with Crippen LogP contribution in [0.3, 0.4) is 0 Å². The number of anilines is 1. The van der Waals surface area contributed by atoms with Crippen molar-refractivity contribution < 1.29 is 22.8 Å². The van der Waals surface area contributed by atoms with E-state index in [2.05, 4.69) is 5.32 Å². The molecule has 0 unspecified atom stereocenters. The first-order valence-corrected chi connectivity index (χ1v) is 10.5. The number of thiophene rings is 1. The minimum absolute atomic E-state index is 0.0371. The van der Waals surface area contributed by atoms with Crippen molar-refractivity contribution in [1.29, 1.82) is 0 Å². The second-order valence-corrected chi connectivity index (χ2v) is 8.25. The molecule has 156 valence electrons. The molecule has 1 fully saturated rings. The van der Waals surface area contributed by atoms with Crippen LogP contribution in [-0.2, 0) is 9.59 Å². The van der Waals surface area contributed by atoms with E-state index < -0.39 is 24.0 Å². The van der Waals surface area contributed by atoms with E-state index >= 15 is 0 Å². The quantitative estimate of drug-likeness (QED) is 0.722. The second-order valence-electron chi connectivity index (χ2n) is 7.27. The van der Waals surface area contributed by atoms with Gasteiger partial charge in [-0.05, 0) is 43.3 Å². The van der Waals surface area contributed by atoms with Gasteiger partial charge in [0.25, 0.3) is 0 Å². The molecule has 8 heteroatoms.